The maximum Gasteiger partial charge on any atom is 0.135 e. The molecule has 0 saturated carbocycles. The molecule has 0 aliphatic carbocycles. The molecule has 0 amide bonds. The fourth-order valence-electron chi connectivity index (χ4n) is 3.85. The van der Waals surface area contributed by atoms with Crippen molar-refractivity contribution in [3.8, 4) is 28.8 Å². The maximum atomic E-state index is 10.0. The van der Waals surface area contributed by atoms with Gasteiger partial charge in [0, 0.05) is 17.3 Å². The van der Waals surface area contributed by atoms with E-state index in [-0.39, 0.29) is 0 Å². The molecule has 35 heavy (non-hydrogen) atoms. The van der Waals surface area contributed by atoms with Crippen LogP contribution in [0.5, 0.6) is 5.75 Å². The molecule has 0 radical (unpaired) electrons. The van der Waals surface area contributed by atoms with Gasteiger partial charge in [-0.25, -0.2) is 9.67 Å². The third-order valence-electron chi connectivity index (χ3n) is 5.53. The first kappa shape index (κ1) is 22.3. The van der Waals surface area contributed by atoms with E-state index < -0.39 is 0 Å². The van der Waals surface area contributed by atoms with E-state index in [9.17, 15) is 5.26 Å². The van der Waals surface area contributed by atoms with Crippen LogP contribution in [0.15, 0.2) is 91.6 Å². The van der Waals surface area contributed by atoms with E-state index >= 15 is 0 Å². The zero-order chi connectivity index (χ0) is 24.2. The van der Waals surface area contributed by atoms with E-state index in [2.05, 4.69) is 17.6 Å². The Bertz CT molecular complexity index is 1560. The topological polar surface area (TPSA) is 63.7 Å². The molecule has 0 aliphatic rings. The number of thiazole rings is 1. The van der Waals surface area contributed by atoms with Crippen molar-refractivity contribution in [3.63, 3.8) is 0 Å². The van der Waals surface area contributed by atoms with Crippen LogP contribution in [0, 0.1) is 18.3 Å². The molecule has 0 saturated heterocycles. The molecule has 0 N–H and O–H groups in total. The zero-order valence-corrected chi connectivity index (χ0v) is 20.0. The first-order valence-electron chi connectivity index (χ1n) is 11.1. The van der Waals surface area contributed by atoms with Gasteiger partial charge in [0.05, 0.1) is 21.5 Å². The zero-order valence-electron chi connectivity index (χ0n) is 19.2. The average molecular weight is 475 g/mol. The van der Waals surface area contributed by atoms with E-state index in [0.29, 0.717) is 17.2 Å². The van der Waals surface area contributed by atoms with Crippen molar-refractivity contribution in [1.82, 2.24) is 14.8 Å². The largest absolute Gasteiger partial charge is 0.490 e. The number of nitrogens with zero attached hydrogens (tertiary/aromatic N) is 4. The Kier molecular flexibility index (Phi) is 6.25. The summed E-state index contributed by atoms with van der Waals surface area (Å²) in [5, 5.41) is 15.6. The molecule has 0 bridgehead atoms. The van der Waals surface area contributed by atoms with Crippen LogP contribution < -0.4 is 4.74 Å². The molecule has 2 aromatic heterocycles. The molecule has 3 aromatic carbocycles. The molecular formula is C29H22N4OS. The van der Waals surface area contributed by atoms with Gasteiger partial charge in [-0.15, -0.1) is 11.3 Å². The number of aromatic nitrogens is 3. The summed E-state index contributed by atoms with van der Waals surface area (Å²) in [6.45, 7) is 6.19. The smallest absolute Gasteiger partial charge is 0.135 e. The monoisotopic (exact) mass is 474 g/mol. The lowest BCUT2D eigenvalue weighted by atomic mass is 10.0. The number of hydrogen-bond acceptors (Lipinski definition) is 5. The molecule has 0 unspecified atom stereocenters. The van der Waals surface area contributed by atoms with Crippen molar-refractivity contribution < 1.29 is 4.74 Å². The van der Waals surface area contributed by atoms with Crippen LogP contribution >= 0.6 is 11.3 Å². The van der Waals surface area contributed by atoms with Crippen molar-refractivity contribution in [2.75, 3.05) is 6.61 Å². The van der Waals surface area contributed by atoms with E-state index in [0.717, 1.165) is 44.0 Å². The Morgan fingerprint density at radius 3 is 2.66 bits per heavy atom. The normalized spacial score (nSPS) is 11.4. The van der Waals surface area contributed by atoms with Crippen LogP contribution in [0.3, 0.4) is 0 Å². The summed E-state index contributed by atoms with van der Waals surface area (Å²) >= 11 is 1.51. The van der Waals surface area contributed by atoms with Gasteiger partial charge < -0.3 is 4.74 Å². The van der Waals surface area contributed by atoms with Gasteiger partial charge in [0.2, 0.25) is 0 Å². The fraction of sp³-hybridized carbons (Fsp3) is 0.0690. The third-order valence-corrected chi connectivity index (χ3v) is 6.60. The fourth-order valence-corrected chi connectivity index (χ4v) is 4.78. The number of para-hydroxylation sites is 2. The molecule has 0 aliphatic heterocycles. The van der Waals surface area contributed by atoms with Gasteiger partial charge in [-0.05, 0) is 61.0 Å². The van der Waals surface area contributed by atoms with Crippen LogP contribution in [0.2, 0.25) is 0 Å². The molecule has 0 fully saturated rings. The first-order chi connectivity index (χ1) is 17.2. The van der Waals surface area contributed by atoms with Gasteiger partial charge in [-0.1, -0.05) is 43.0 Å². The van der Waals surface area contributed by atoms with Crippen molar-refractivity contribution in [3.05, 3.63) is 108 Å². The summed E-state index contributed by atoms with van der Waals surface area (Å²) in [7, 11) is 0. The predicted molar refractivity (Wildman–Crippen MR) is 143 cm³/mol. The highest BCUT2D eigenvalue weighted by Crippen LogP contribution is 2.33. The molecule has 5 rings (SSSR count). The number of fused-ring (bicyclic) bond motifs is 1. The van der Waals surface area contributed by atoms with Crippen LogP contribution in [-0.2, 0) is 0 Å². The molecule has 0 atom stereocenters. The van der Waals surface area contributed by atoms with Crippen molar-refractivity contribution in [1.29, 1.82) is 5.26 Å². The summed E-state index contributed by atoms with van der Waals surface area (Å²) in [5.41, 5.74) is 5.96. The van der Waals surface area contributed by atoms with E-state index in [1.54, 1.807) is 6.08 Å². The van der Waals surface area contributed by atoms with Gasteiger partial charge in [-0.3, -0.25) is 0 Å². The second kappa shape index (κ2) is 9.80. The lowest BCUT2D eigenvalue weighted by molar-refractivity contribution is 0.363. The van der Waals surface area contributed by atoms with Gasteiger partial charge >= 0.3 is 0 Å². The maximum absolute atomic E-state index is 10.0. The summed E-state index contributed by atoms with van der Waals surface area (Å²) in [5.74, 6) is 0.776. The third kappa shape index (κ3) is 4.63. The summed E-state index contributed by atoms with van der Waals surface area (Å²) in [4.78, 5) is 4.68. The minimum Gasteiger partial charge on any atom is -0.490 e. The summed E-state index contributed by atoms with van der Waals surface area (Å²) in [6, 6.07) is 26.1. The van der Waals surface area contributed by atoms with Crippen LogP contribution in [0.25, 0.3) is 38.8 Å². The Morgan fingerprint density at radius 2 is 1.91 bits per heavy atom. The Balaban J connectivity index is 1.64. The number of ether oxygens (including phenoxy) is 1. The molecular weight excluding hydrogens is 452 g/mol. The lowest BCUT2D eigenvalue weighted by Crippen LogP contribution is -1.96. The molecule has 6 heteroatoms. The van der Waals surface area contributed by atoms with Gasteiger partial charge in [0.25, 0.3) is 0 Å². The van der Waals surface area contributed by atoms with Crippen LogP contribution in [0.4, 0.5) is 0 Å². The molecule has 5 nitrogen and oxygen atoms in total. The number of nitriles is 1. The van der Waals surface area contributed by atoms with E-state index in [1.165, 1.54) is 11.3 Å². The second-order valence-corrected chi connectivity index (χ2v) is 8.98. The average Bonchev–Trinajstić information content (AvgIpc) is 3.51. The highest BCUT2D eigenvalue weighted by molar-refractivity contribution is 7.19. The van der Waals surface area contributed by atoms with Gasteiger partial charge in [-0.2, -0.15) is 10.4 Å². The highest BCUT2D eigenvalue weighted by Gasteiger charge is 2.16. The van der Waals surface area contributed by atoms with E-state index in [4.69, 9.17) is 9.84 Å². The molecule has 5 aromatic rings. The standard InChI is InChI=1S/C29H22N4OS/c1-3-15-34-24-13-14-25(20(2)16-24)28-22(19-33(32-28)23-9-5-4-6-10-23)17-21(18-30)29-31-26-11-7-8-12-27(26)35-29/h3-14,16-17,19H,1,15H2,2H3. The Morgan fingerprint density at radius 1 is 1.11 bits per heavy atom. The van der Waals surface area contributed by atoms with Crippen molar-refractivity contribution in [2.24, 2.45) is 0 Å². The SMILES string of the molecule is C=CCOc1ccc(-c2nn(-c3ccccc3)cc2C=C(C#N)c2nc3ccccc3s2)c(C)c1. The van der Waals surface area contributed by atoms with E-state index in [1.807, 2.05) is 96.7 Å². The van der Waals surface area contributed by atoms with Crippen LogP contribution in [-0.4, -0.2) is 21.4 Å². The van der Waals surface area contributed by atoms with Crippen LogP contribution in [0.1, 0.15) is 16.1 Å². The van der Waals surface area contributed by atoms with Gasteiger partial charge in [0.1, 0.15) is 29.1 Å². The molecule has 2 heterocycles. The number of hydrogen-bond donors (Lipinski definition) is 0. The summed E-state index contributed by atoms with van der Waals surface area (Å²) < 4.78 is 8.59. The number of aryl methyl sites for hydroxylation is 1. The highest BCUT2D eigenvalue weighted by atomic mass is 32.1. The Labute approximate surface area is 207 Å². The first-order valence-corrected chi connectivity index (χ1v) is 12.0. The van der Waals surface area contributed by atoms with Crippen molar-refractivity contribution >= 4 is 33.2 Å². The predicted octanol–water partition coefficient (Wildman–Crippen LogP) is 7.09. The minimum absolute atomic E-state index is 0.448. The van der Waals surface area contributed by atoms with Crippen molar-refractivity contribution in [2.45, 2.75) is 6.92 Å². The number of benzene rings is 3. The quantitative estimate of drug-likeness (QED) is 0.187. The summed E-state index contributed by atoms with van der Waals surface area (Å²) in [6.07, 6.45) is 5.55. The molecule has 170 valence electrons. The number of rotatable bonds is 7. The Hall–Kier alpha value is -4.47. The lowest BCUT2D eigenvalue weighted by Gasteiger charge is -2.08. The minimum atomic E-state index is 0.448. The van der Waals surface area contributed by atoms with Gasteiger partial charge in [0.15, 0.2) is 0 Å². The second-order valence-electron chi connectivity index (χ2n) is 7.95. The number of allylic oxidation sites excluding steroid dienone is 1. The molecule has 0 spiro atoms.